The Morgan fingerprint density at radius 1 is 1.16 bits per heavy atom. The number of hydrogen-bond donors (Lipinski definition) is 2. The number of amides is 1. The second-order valence-electron chi connectivity index (χ2n) is 7.94. The maximum absolute atomic E-state index is 11.9. The minimum Gasteiger partial charge on any atom is -0.351 e. The molecular weight excluding hydrogens is 334 g/mol. The van der Waals surface area contributed by atoms with Crippen molar-refractivity contribution in [3.05, 3.63) is 35.4 Å². The van der Waals surface area contributed by atoms with Gasteiger partial charge in [-0.15, -0.1) is 12.4 Å². The molecule has 0 bridgehead atoms. The molecule has 0 aromatic heterocycles. The van der Waals surface area contributed by atoms with Crippen molar-refractivity contribution in [3.8, 4) is 0 Å². The predicted octanol–water partition coefficient (Wildman–Crippen LogP) is 3.19. The van der Waals surface area contributed by atoms with Gasteiger partial charge in [-0.25, -0.2) is 0 Å². The molecule has 0 saturated carbocycles. The van der Waals surface area contributed by atoms with Crippen LogP contribution in [-0.4, -0.2) is 29.9 Å². The predicted molar refractivity (Wildman–Crippen MR) is 107 cm³/mol. The van der Waals surface area contributed by atoms with Crippen LogP contribution in [-0.2, 0) is 17.9 Å². The van der Waals surface area contributed by atoms with Gasteiger partial charge < -0.3 is 11.1 Å². The number of piperidine rings is 1. The molecule has 4 nitrogen and oxygen atoms in total. The number of carbonyl (C=O) groups excluding carboxylic acids is 1. The monoisotopic (exact) mass is 367 g/mol. The van der Waals surface area contributed by atoms with Gasteiger partial charge in [-0.1, -0.05) is 52.0 Å². The van der Waals surface area contributed by atoms with E-state index in [2.05, 4.69) is 48.3 Å². The Morgan fingerprint density at radius 3 is 2.20 bits per heavy atom. The number of halogens is 1. The number of rotatable bonds is 6. The zero-order valence-corrected chi connectivity index (χ0v) is 16.8. The molecule has 3 atom stereocenters. The van der Waals surface area contributed by atoms with Crippen molar-refractivity contribution in [2.24, 2.45) is 23.5 Å². The van der Waals surface area contributed by atoms with Crippen LogP contribution in [0.4, 0.5) is 0 Å². The van der Waals surface area contributed by atoms with Crippen molar-refractivity contribution in [1.82, 2.24) is 10.2 Å². The van der Waals surface area contributed by atoms with Crippen LogP contribution in [0.3, 0.4) is 0 Å². The highest BCUT2D eigenvalue weighted by Gasteiger charge is 2.21. The van der Waals surface area contributed by atoms with E-state index in [1.54, 1.807) is 0 Å². The molecule has 1 aromatic rings. The first-order chi connectivity index (χ1) is 11.3. The van der Waals surface area contributed by atoms with Gasteiger partial charge in [0, 0.05) is 26.2 Å². The lowest BCUT2D eigenvalue weighted by Gasteiger charge is -2.35. The van der Waals surface area contributed by atoms with Crippen molar-refractivity contribution in [2.45, 2.75) is 53.2 Å². The minimum absolute atomic E-state index is 0. The van der Waals surface area contributed by atoms with Crippen LogP contribution < -0.4 is 11.1 Å². The Morgan fingerprint density at radius 2 is 1.68 bits per heavy atom. The standard InChI is InChI=1S/C20H33N3O.ClH/c1-14(2)19(21)20(24)22-10-17-5-7-18(8-6-17)13-23-11-15(3)9-16(4)12-23;/h5-8,14-16,19H,9-13,21H2,1-4H3,(H,22,24);1H/t15?,16?,19-;/m0./s1. The number of likely N-dealkylation sites (tertiary alicyclic amines) is 1. The summed E-state index contributed by atoms with van der Waals surface area (Å²) in [4.78, 5) is 14.5. The van der Waals surface area contributed by atoms with Crippen LogP contribution in [0.2, 0.25) is 0 Å². The number of hydrogen-bond acceptors (Lipinski definition) is 3. The normalized spacial score (nSPS) is 22.3. The van der Waals surface area contributed by atoms with E-state index in [0.29, 0.717) is 6.54 Å². The Balaban J connectivity index is 0.00000312. The van der Waals surface area contributed by atoms with Gasteiger partial charge >= 0.3 is 0 Å². The van der Waals surface area contributed by atoms with Crippen LogP contribution in [0.1, 0.15) is 45.2 Å². The largest absolute Gasteiger partial charge is 0.351 e. The zero-order chi connectivity index (χ0) is 17.7. The third-order valence-electron chi connectivity index (χ3n) is 4.86. The van der Waals surface area contributed by atoms with Crippen LogP contribution >= 0.6 is 12.4 Å². The molecule has 1 heterocycles. The molecule has 142 valence electrons. The molecule has 3 N–H and O–H groups in total. The molecule has 1 aliphatic heterocycles. The molecule has 1 fully saturated rings. The van der Waals surface area contributed by atoms with Crippen molar-refractivity contribution in [3.63, 3.8) is 0 Å². The van der Waals surface area contributed by atoms with Crippen LogP contribution in [0.25, 0.3) is 0 Å². The lowest BCUT2D eigenvalue weighted by Crippen LogP contribution is -2.43. The molecule has 5 heteroatoms. The SMILES string of the molecule is CC1CC(C)CN(Cc2ccc(CNC(=O)[C@@H](N)C(C)C)cc2)C1.Cl. The Hall–Kier alpha value is -1.10. The third-order valence-corrected chi connectivity index (χ3v) is 4.86. The Labute approximate surface area is 158 Å². The van der Waals surface area contributed by atoms with E-state index < -0.39 is 6.04 Å². The summed E-state index contributed by atoms with van der Waals surface area (Å²) in [7, 11) is 0. The van der Waals surface area contributed by atoms with E-state index >= 15 is 0 Å². The molecule has 1 amide bonds. The van der Waals surface area contributed by atoms with Crippen molar-refractivity contribution < 1.29 is 4.79 Å². The van der Waals surface area contributed by atoms with Crippen molar-refractivity contribution in [1.29, 1.82) is 0 Å². The smallest absolute Gasteiger partial charge is 0.237 e. The van der Waals surface area contributed by atoms with Gasteiger partial charge in [0.25, 0.3) is 0 Å². The fraction of sp³-hybridized carbons (Fsp3) is 0.650. The molecule has 25 heavy (non-hydrogen) atoms. The van der Waals surface area contributed by atoms with E-state index in [0.717, 1.165) is 23.9 Å². The molecule has 0 aliphatic carbocycles. The summed E-state index contributed by atoms with van der Waals surface area (Å²) < 4.78 is 0. The fourth-order valence-corrected chi connectivity index (χ4v) is 3.55. The third kappa shape index (κ3) is 6.96. The lowest BCUT2D eigenvalue weighted by molar-refractivity contribution is -0.123. The fourth-order valence-electron chi connectivity index (χ4n) is 3.55. The first-order valence-electron chi connectivity index (χ1n) is 9.18. The van der Waals surface area contributed by atoms with Gasteiger partial charge in [0.05, 0.1) is 6.04 Å². The number of nitrogens with zero attached hydrogens (tertiary/aromatic N) is 1. The van der Waals surface area contributed by atoms with E-state index in [-0.39, 0.29) is 24.2 Å². The summed E-state index contributed by atoms with van der Waals surface area (Å²) >= 11 is 0. The van der Waals surface area contributed by atoms with Crippen LogP contribution in [0.5, 0.6) is 0 Å². The van der Waals surface area contributed by atoms with Gasteiger partial charge in [-0.2, -0.15) is 0 Å². The first kappa shape index (κ1) is 21.9. The number of nitrogens with two attached hydrogens (primary N) is 1. The summed E-state index contributed by atoms with van der Waals surface area (Å²) in [6.45, 7) is 12.5. The molecule has 1 saturated heterocycles. The van der Waals surface area contributed by atoms with Crippen LogP contribution in [0, 0.1) is 17.8 Å². The summed E-state index contributed by atoms with van der Waals surface area (Å²) in [5.41, 5.74) is 8.31. The van der Waals surface area contributed by atoms with E-state index in [4.69, 9.17) is 5.73 Å². The molecule has 0 spiro atoms. The first-order valence-corrected chi connectivity index (χ1v) is 9.18. The highest BCUT2D eigenvalue weighted by molar-refractivity contribution is 5.85. The second-order valence-corrected chi connectivity index (χ2v) is 7.94. The van der Waals surface area contributed by atoms with Gasteiger partial charge in [-0.05, 0) is 35.3 Å². The summed E-state index contributed by atoms with van der Waals surface area (Å²) in [5.74, 6) is 1.65. The molecular formula is C20H34ClN3O. The van der Waals surface area contributed by atoms with Gasteiger partial charge in [0.15, 0.2) is 0 Å². The van der Waals surface area contributed by atoms with Crippen LogP contribution in [0.15, 0.2) is 24.3 Å². The maximum Gasteiger partial charge on any atom is 0.237 e. The number of carbonyl (C=O) groups is 1. The van der Waals surface area contributed by atoms with Crippen molar-refractivity contribution >= 4 is 18.3 Å². The molecule has 1 aliphatic rings. The quantitative estimate of drug-likeness (QED) is 0.811. The zero-order valence-electron chi connectivity index (χ0n) is 16.0. The molecule has 2 rings (SSSR count). The van der Waals surface area contributed by atoms with Gasteiger partial charge in [0.1, 0.15) is 0 Å². The average Bonchev–Trinajstić information content (AvgIpc) is 2.52. The summed E-state index contributed by atoms with van der Waals surface area (Å²) in [6.07, 6.45) is 1.34. The highest BCUT2D eigenvalue weighted by atomic mass is 35.5. The second kappa shape index (κ2) is 10.1. The summed E-state index contributed by atoms with van der Waals surface area (Å²) in [5, 5.41) is 2.92. The lowest BCUT2D eigenvalue weighted by atomic mass is 9.91. The average molecular weight is 368 g/mol. The van der Waals surface area contributed by atoms with E-state index in [1.165, 1.54) is 25.1 Å². The molecule has 0 radical (unpaired) electrons. The van der Waals surface area contributed by atoms with Gasteiger partial charge in [-0.3, -0.25) is 9.69 Å². The topological polar surface area (TPSA) is 58.4 Å². The Bertz CT molecular complexity index is 522. The number of nitrogens with one attached hydrogen (secondary N) is 1. The van der Waals surface area contributed by atoms with Gasteiger partial charge in [0.2, 0.25) is 5.91 Å². The van der Waals surface area contributed by atoms with E-state index in [9.17, 15) is 4.79 Å². The number of benzene rings is 1. The highest BCUT2D eigenvalue weighted by Crippen LogP contribution is 2.22. The Kier molecular flexibility index (Phi) is 8.91. The molecule has 1 aromatic carbocycles. The summed E-state index contributed by atoms with van der Waals surface area (Å²) in [6, 6.07) is 8.12. The molecule has 2 unspecified atom stereocenters. The maximum atomic E-state index is 11.9. The van der Waals surface area contributed by atoms with E-state index in [1.807, 2.05) is 13.8 Å². The minimum atomic E-state index is -0.438. The van der Waals surface area contributed by atoms with Crippen molar-refractivity contribution in [2.75, 3.05) is 13.1 Å².